The summed E-state index contributed by atoms with van der Waals surface area (Å²) in [5, 5.41) is 8.86. The minimum absolute atomic E-state index is 0.576. The standard InChI is InChI=1S/C15H22N4S2/c1-11(7-13-5-4-6-20-13)8-17-15(16-3)18-9-14-12(2)19-10-21-14/h4-6,10-11H,7-9H2,1-3H3,(H2,16,17,18). The van der Waals surface area contributed by atoms with Gasteiger partial charge in [0, 0.05) is 23.3 Å². The molecule has 4 nitrogen and oxygen atoms in total. The van der Waals surface area contributed by atoms with Gasteiger partial charge in [0.05, 0.1) is 17.7 Å². The first-order chi connectivity index (χ1) is 10.2. The normalized spacial score (nSPS) is 13.2. The fraction of sp³-hybridized carbons (Fsp3) is 0.467. The van der Waals surface area contributed by atoms with Crippen LogP contribution in [0.15, 0.2) is 28.0 Å². The zero-order valence-electron chi connectivity index (χ0n) is 12.7. The molecule has 0 spiro atoms. The van der Waals surface area contributed by atoms with E-state index in [1.54, 1.807) is 18.4 Å². The molecule has 0 aliphatic rings. The summed E-state index contributed by atoms with van der Waals surface area (Å²) >= 11 is 3.50. The predicted octanol–water partition coefficient (Wildman–Crippen LogP) is 3.06. The lowest BCUT2D eigenvalue weighted by atomic mass is 10.1. The monoisotopic (exact) mass is 322 g/mol. The highest BCUT2D eigenvalue weighted by atomic mass is 32.1. The Labute approximate surface area is 134 Å². The zero-order chi connectivity index (χ0) is 15.1. The van der Waals surface area contributed by atoms with Gasteiger partial charge in [0.15, 0.2) is 5.96 Å². The predicted molar refractivity (Wildman–Crippen MR) is 92.2 cm³/mol. The van der Waals surface area contributed by atoms with Crippen LogP contribution < -0.4 is 10.6 Å². The van der Waals surface area contributed by atoms with Crippen molar-refractivity contribution in [2.24, 2.45) is 10.9 Å². The first kappa shape index (κ1) is 16.0. The second-order valence-corrected chi connectivity index (χ2v) is 7.03. The number of rotatable bonds is 6. The maximum absolute atomic E-state index is 4.27. The van der Waals surface area contributed by atoms with Gasteiger partial charge < -0.3 is 10.6 Å². The molecular formula is C15H22N4S2. The van der Waals surface area contributed by atoms with Crippen molar-refractivity contribution in [3.8, 4) is 0 Å². The molecule has 0 radical (unpaired) electrons. The third-order valence-electron chi connectivity index (χ3n) is 3.23. The van der Waals surface area contributed by atoms with Crippen LogP contribution in [-0.4, -0.2) is 24.5 Å². The summed E-state index contributed by atoms with van der Waals surface area (Å²) in [6.45, 7) is 5.98. The Morgan fingerprint density at radius 2 is 2.24 bits per heavy atom. The van der Waals surface area contributed by atoms with Gasteiger partial charge in [0.1, 0.15) is 0 Å². The quantitative estimate of drug-likeness (QED) is 0.635. The molecule has 0 fully saturated rings. The number of guanidine groups is 1. The topological polar surface area (TPSA) is 49.3 Å². The molecule has 2 aromatic heterocycles. The van der Waals surface area contributed by atoms with Gasteiger partial charge in [-0.2, -0.15) is 0 Å². The summed E-state index contributed by atoms with van der Waals surface area (Å²) < 4.78 is 0. The van der Waals surface area contributed by atoms with Gasteiger partial charge in [-0.25, -0.2) is 4.98 Å². The molecule has 2 rings (SSSR count). The zero-order valence-corrected chi connectivity index (χ0v) is 14.4. The van der Waals surface area contributed by atoms with Crippen molar-refractivity contribution in [3.05, 3.63) is 38.5 Å². The van der Waals surface area contributed by atoms with Gasteiger partial charge in [0.25, 0.3) is 0 Å². The molecule has 2 N–H and O–H groups in total. The van der Waals surface area contributed by atoms with Gasteiger partial charge in [-0.3, -0.25) is 4.99 Å². The molecule has 0 aliphatic heterocycles. The van der Waals surface area contributed by atoms with E-state index in [1.165, 1.54) is 9.75 Å². The van der Waals surface area contributed by atoms with Crippen LogP contribution in [0, 0.1) is 12.8 Å². The highest BCUT2D eigenvalue weighted by Gasteiger charge is 2.07. The Balaban J connectivity index is 1.73. The summed E-state index contributed by atoms with van der Waals surface area (Å²) in [7, 11) is 1.80. The van der Waals surface area contributed by atoms with Gasteiger partial charge >= 0.3 is 0 Å². The van der Waals surface area contributed by atoms with Crippen LogP contribution in [0.3, 0.4) is 0 Å². The first-order valence-electron chi connectivity index (χ1n) is 7.05. The number of thiophene rings is 1. The second-order valence-electron chi connectivity index (χ2n) is 5.06. The lowest BCUT2D eigenvalue weighted by molar-refractivity contribution is 0.562. The van der Waals surface area contributed by atoms with Crippen LogP contribution in [0.5, 0.6) is 0 Å². The molecule has 0 amide bonds. The molecule has 0 aliphatic carbocycles. The van der Waals surface area contributed by atoms with Crippen molar-refractivity contribution >= 4 is 28.6 Å². The minimum atomic E-state index is 0.576. The number of hydrogen-bond donors (Lipinski definition) is 2. The average molecular weight is 323 g/mol. The molecule has 0 saturated carbocycles. The summed E-state index contributed by atoms with van der Waals surface area (Å²) in [6, 6.07) is 4.30. The molecule has 114 valence electrons. The van der Waals surface area contributed by atoms with E-state index in [2.05, 4.69) is 45.0 Å². The Morgan fingerprint density at radius 1 is 1.38 bits per heavy atom. The lowest BCUT2D eigenvalue weighted by Crippen LogP contribution is -2.39. The molecule has 0 bridgehead atoms. The number of hydrogen-bond acceptors (Lipinski definition) is 4. The highest BCUT2D eigenvalue weighted by Crippen LogP contribution is 2.14. The molecule has 1 unspecified atom stereocenters. The maximum Gasteiger partial charge on any atom is 0.191 e. The number of aryl methyl sites for hydroxylation is 1. The van der Waals surface area contributed by atoms with E-state index in [0.29, 0.717) is 5.92 Å². The molecule has 2 heterocycles. The van der Waals surface area contributed by atoms with Crippen LogP contribution in [0.2, 0.25) is 0 Å². The van der Waals surface area contributed by atoms with E-state index in [0.717, 1.165) is 31.2 Å². The number of aliphatic imine (C=N–C) groups is 1. The molecule has 2 aromatic rings. The fourth-order valence-electron chi connectivity index (χ4n) is 2.00. The summed E-state index contributed by atoms with van der Waals surface area (Å²) in [4.78, 5) is 11.2. The van der Waals surface area contributed by atoms with Crippen molar-refractivity contribution in [2.45, 2.75) is 26.8 Å². The van der Waals surface area contributed by atoms with Gasteiger partial charge in [-0.15, -0.1) is 22.7 Å². The van der Waals surface area contributed by atoms with E-state index >= 15 is 0 Å². The van der Waals surface area contributed by atoms with Gasteiger partial charge in [-0.1, -0.05) is 13.0 Å². The van der Waals surface area contributed by atoms with Crippen LogP contribution in [-0.2, 0) is 13.0 Å². The Hall–Kier alpha value is -1.40. The third kappa shape index (κ3) is 5.13. The summed E-state index contributed by atoms with van der Waals surface area (Å²) in [5.74, 6) is 1.42. The number of nitrogens with zero attached hydrogens (tertiary/aromatic N) is 2. The Morgan fingerprint density at radius 3 is 2.86 bits per heavy atom. The van der Waals surface area contributed by atoms with Gasteiger partial charge in [-0.05, 0) is 30.7 Å². The van der Waals surface area contributed by atoms with E-state index in [1.807, 2.05) is 23.8 Å². The van der Waals surface area contributed by atoms with Crippen LogP contribution in [0.25, 0.3) is 0 Å². The van der Waals surface area contributed by atoms with E-state index in [9.17, 15) is 0 Å². The molecule has 1 atom stereocenters. The van der Waals surface area contributed by atoms with E-state index in [4.69, 9.17) is 0 Å². The molecule has 6 heteroatoms. The van der Waals surface area contributed by atoms with E-state index < -0.39 is 0 Å². The summed E-state index contributed by atoms with van der Waals surface area (Å²) in [5.41, 5.74) is 2.97. The number of thiazole rings is 1. The van der Waals surface area contributed by atoms with Gasteiger partial charge in [0.2, 0.25) is 0 Å². The summed E-state index contributed by atoms with van der Waals surface area (Å²) in [6.07, 6.45) is 1.11. The SMILES string of the molecule is CN=C(NCc1scnc1C)NCC(C)Cc1cccs1. The van der Waals surface area contributed by atoms with E-state index in [-0.39, 0.29) is 0 Å². The largest absolute Gasteiger partial charge is 0.356 e. The molecule has 0 saturated heterocycles. The van der Waals surface area contributed by atoms with Crippen molar-refractivity contribution in [2.75, 3.05) is 13.6 Å². The molecular weight excluding hydrogens is 300 g/mol. The number of nitrogens with one attached hydrogen (secondary N) is 2. The number of aromatic nitrogens is 1. The fourth-order valence-corrected chi connectivity index (χ4v) is 3.58. The average Bonchev–Trinajstić information content (AvgIpc) is 3.11. The third-order valence-corrected chi connectivity index (χ3v) is 5.07. The first-order valence-corrected chi connectivity index (χ1v) is 8.80. The second kappa shape index (κ2) is 8.14. The smallest absolute Gasteiger partial charge is 0.191 e. The lowest BCUT2D eigenvalue weighted by Gasteiger charge is -2.15. The molecule has 0 aromatic carbocycles. The van der Waals surface area contributed by atoms with Crippen LogP contribution >= 0.6 is 22.7 Å². The van der Waals surface area contributed by atoms with Crippen LogP contribution in [0.1, 0.15) is 22.4 Å². The van der Waals surface area contributed by atoms with Crippen molar-refractivity contribution in [1.82, 2.24) is 15.6 Å². The van der Waals surface area contributed by atoms with Crippen molar-refractivity contribution in [3.63, 3.8) is 0 Å². The molecule has 21 heavy (non-hydrogen) atoms. The minimum Gasteiger partial charge on any atom is -0.356 e. The highest BCUT2D eigenvalue weighted by molar-refractivity contribution is 7.10. The van der Waals surface area contributed by atoms with Crippen molar-refractivity contribution in [1.29, 1.82) is 0 Å². The van der Waals surface area contributed by atoms with Crippen molar-refractivity contribution < 1.29 is 0 Å². The Bertz CT molecular complexity index is 560. The maximum atomic E-state index is 4.27. The van der Waals surface area contributed by atoms with Crippen LogP contribution in [0.4, 0.5) is 0 Å². The Kier molecular flexibility index (Phi) is 6.20.